The Morgan fingerprint density at radius 3 is 2.59 bits per heavy atom. The number of nitrogens with zero attached hydrogens (tertiary/aromatic N) is 2. The van der Waals surface area contributed by atoms with Crippen molar-refractivity contribution in [2.75, 3.05) is 12.3 Å². The Morgan fingerprint density at radius 2 is 1.95 bits per heavy atom. The van der Waals surface area contributed by atoms with Gasteiger partial charge in [-0.2, -0.15) is 0 Å². The highest BCUT2D eigenvalue weighted by molar-refractivity contribution is 6.30. The first-order chi connectivity index (χ1) is 17.7. The van der Waals surface area contributed by atoms with Crippen LogP contribution in [-0.2, 0) is 4.79 Å². The van der Waals surface area contributed by atoms with Gasteiger partial charge in [0.05, 0.1) is 30.1 Å². The first kappa shape index (κ1) is 26.5. The number of nitrogen functional groups attached to an aromatic ring is 1. The summed E-state index contributed by atoms with van der Waals surface area (Å²) in [6, 6.07) is 10.3. The molecule has 8 nitrogen and oxygen atoms in total. The molecule has 3 aromatic rings. The van der Waals surface area contributed by atoms with Crippen molar-refractivity contribution in [1.29, 1.82) is 0 Å². The van der Waals surface area contributed by atoms with Crippen molar-refractivity contribution in [2.24, 2.45) is 0 Å². The van der Waals surface area contributed by atoms with Crippen LogP contribution in [0.25, 0.3) is 11.3 Å². The van der Waals surface area contributed by atoms with E-state index in [0.717, 1.165) is 31.4 Å². The van der Waals surface area contributed by atoms with E-state index in [2.05, 4.69) is 20.6 Å². The average Bonchev–Trinajstić information content (AvgIpc) is 2.87. The van der Waals surface area contributed by atoms with Gasteiger partial charge in [-0.1, -0.05) is 29.8 Å². The second-order valence-electron chi connectivity index (χ2n) is 9.24. The first-order valence-electron chi connectivity index (χ1n) is 12.1. The van der Waals surface area contributed by atoms with Gasteiger partial charge in [-0.25, -0.2) is 14.4 Å². The summed E-state index contributed by atoms with van der Waals surface area (Å²) in [5.74, 6) is -1.14. The lowest BCUT2D eigenvalue weighted by Gasteiger charge is -2.28. The molecule has 1 aliphatic carbocycles. The number of aliphatic hydroxyl groups is 1. The third-order valence-corrected chi connectivity index (χ3v) is 6.83. The zero-order valence-electron chi connectivity index (χ0n) is 20.4. The summed E-state index contributed by atoms with van der Waals surface area (Å²) in [5, 5.41) is 15.8. The highest BCUT2D eigenvalue weighted by Crippen LogP contribution is 2.34. The third kappa shape index (κ3) is 6.42. The maximum Gasteiger partial charge on any atom is 0.254 e. The van der Waals surface area contributed by atoms with Crippen LogP contribution in [-0.4, -0.2) is 39.5 Å². The summed E-state index contributed by atoms with van der Waals surface area (Å²) in [4.78, 5) is 33.1. The second-order valence-corrected chi connectivity index (χ2v) is 9.67. The van der Waals surface area contributed by atoms with E-state index in [1.54, 1.807) is 36.5 Å². The number of anilines is 1. The average molecular weight is 526 g/mol. The number of nitrogens with one attached hydrogen (secondary N) is 2. The fraction of sp³-hybridized carbons (Fsp3) is 0.333. The molecule has 1 atom stereocenters. The molecule has 5 N–H and O–H groups in total. The fourth-order valence-electron chi connectivity index (χ4n) is 4.68. The normalized spacial score (nSPS) is 18.2. The van der Waals surface area contributed by atoms with Gasteiger partial charge in [-0.3, -0.25) is 9.59 Å². The first-order valence-corrected chi connectivity index (χ1v) is 12.5. The van der Waals surface area contributed by atoms with Crippen LogP contribution in [0.5, 0.6) is 0 Å². The topological polar surface area (TPSA) is 130 Å². The zero-order valence-corrected chi connectivity index (χ0v) is 21.1. The Morgan fingerprint density at radius 1 is 1.19 bits per heavy atom. The number of amides is 2. The van der Waals surface area contributed by atoms with Crippen LogP contribution in [0, 0.1) is 5.82 Å². The molecule has 0 saturated heterocycles. The molecule has 1 aliphatic rings. The van der Waals surface area contributed by atoms with Crippen molar-refractivity contribution in [1.82, 2.24) is 20.6 Å². The van der Waals surface area contributed by atoms with E-state index in [1.807, 2.05) is 0 Å². The second kappa shape index (κ2) is 11.7. The largest absolute Gasteiger partial charge is 0.394 e. The lowest BCUT2D eigenvalue weighted by molar-refractivity contribution is -0.119. The molecule has 0 spiro atoms. The number of halogens is 2. The summed E-state index contributed by atoms with van der Waals surface area (Å²) in [6.45, 7) is 1.14. The molecule has 1 aromatic heterocycles. The number of carbonyl (C=O) groups is 2. The summed E-state index contributed by atoms with van der Waals surface area (Å²) < 4.78 is 15.1. The molecule has 194 valence electrons. The lowest BCUT2D eigenvalue weighted by atomic mass is 9.84. The Balaban J connectivity index is 1.50. The van der Waals surface area contributed by atoms with Crippen LogP contribution >= 0.6 is 11.6 Å². The summed E-state index contributed by atoms with van der Waals surface area (Å²) >= 11 is 6.01. The van der Waals surface area contributed by atoms with Gasteiger partial charge in [0, 0.05) is 29.5 Å². The Kier molecular flexibility index (Phi) is 8.35. The smallest absolute Gasteiger partial charge is 0.254 e. The molecule has 37 heavy (non-hydrogen) atoms. The van der Waals surface area contributed by atoms with E-state index < -0.39 is 17.8 Å². The molecule has 2 aromatic carbocycles. The van der Waals surface area contributed by atoms with E-state index in [1.165, 1.54) is 19.1 Å². The van der Waals surface area contributed by atoms with E-state index in [-0.39, 0.29) is 35.9 Å². The van der Waals surface area contributed by atoms with Crippen molar-refractivity contribution in [3.8, 4) is 11.3 Å². The number of aliphatic hydroxyl groups excluding tert-OH is 1. The van der Waals surface area contributed by atoms with E-state index in [0.29, 0.717) is 21.8 Å². The number of aromatic nitrogens is 2. The van der Waals surface area contributed by atoms with Gasteiger partial charge < -0.3 is 21.5 Å². The quantitative estimate of drug-likeness (QED) is 0.367. The standard InChI is InChI=1S/C27H29ClFN5O3/c1-15(36)32-20-8-5-16(6-9-20)23-13-31-26(30)25(33-23)18-7-10-21(22(29)12-18)27(37)34-24(14-35)17-3-2-4-19(28)11-17/h2-4,7,10-13,16,20,24,35H,5-6,8-9,14H2,1H3,(H2,30,31)(H,32,36)(H,34,37)/t16-,20-,24-/m1/s1. The van der Waals surface area contributed by atoms with Crippen LogP contribution in [0.15, 0.2) is 48.7 Å². The Labute approximate surface area is 219 Å². The molecule has 0 bridgehead atoms. The maximum absolute atomic E-state index is 15.1. The predicted molar refractivity (Wildman–Crippen MR) is 139 cm³/mol. The number of hydrogen-bond donors (Lipinski definition) is 4. The number of carbonyl (C=O) groups excluding carboxylic acids is 2. The van der Waals surface area contributed by atoms with E-state index >= 15 is 4.39 Å². The number of benzene rings is 2. The van der Waals surface area contributed by atoms with Gasteiger partial charge >= 0.3 is 0 Å². The minimum atomic E-state index is -0.750. The Hall–Kier alpha value is -3.56. The van der Waals surface area contributed by atoms with Gasteiger partial charge in [0.25, 0.3) is 5.91 Å². The van der Waals surface area contributed by atoms with Crippen LogP contribution in [0.3, 0.4) is 0 Å². The van der Waals surface area contributed by atoms with E-state index in [9.17, 15) is 14.7 Å². The molecule has 0 radical (unpaired) electrons. The van der Waals surface area contributed by atoms with Gasteiger partial charge in [-0.05, 0) is 55.5 Å². The molecule has 0 aliphatic heterocycles. The molecule has 10 heteroatoms. The third-order valence-electron chi connectivity index (χ3n) is 6.60. The van der Waals surface area contributed by atoms with Crippen molar-refractivity contribution < 1.29 is 19.1 Å². The monoisotopic (exact) mass is 525 g/mol. The van der Waals surface area contributed by atoms with Crippen molar-refractivity contribution in [3.05, 3.63) is 76.3 Å². The molecule has 0 unspecified atom stereocenters. The molecule has 2 amide bonds. The van der Waals surface area contributed by atoms with Crippen molar-refractivity contribution in [2.45, 2.75) is 50.6 Å². The summed E-state index contributed by atoms with van der Waals surface area (Å²) in [6.07, 6.45) is 5.01. The van der Waals surface area contributed by atoms with Gasteiger partial charge in [0.2, 0.25) is 5.91 Å². The predicted octanol–water partition coefficient (Wildman–Crippen LogP) is 4.14. The summed E-state index contributed by atoms with van der Waals surface area (Å²) in [7, 11) is 0. The maximum atomic E-state index is 15.1. The molecular formula is C27H29ClFN5O3. The highest BCUT2D eigenvalue weighted by atomic mass is 35.5. The Bertz CT molecular complexity index is 1300. The van der Waals surface area contributed by atoms with Crippen LogP contribution in [0.4, 0.5) is 10.2 Å². The van der Waals surface area contributed by atoms with E-state index in [4.69, 9.17) is 17.3 Å². The molecule has 1 heterocycles. The number of rotatable bonds is 7. The molecule has 1 fully saturated rings. The number of hydrogen-bond acceptors (Lipinski definition) is 6. The lowest BCUT2D eigenvalue weighted by Crippen LogP contribution is -2.35. The van der Waals surface area contributed by atoms with Crippen LogP contribution < -0.4 is 16.4 Å². The zero-order chi connectivity index (χ0) is 26.5. The van der Waals surface area contributed by atoms with Gasteiger partial charge in [0.15, 0.2) is 0 Å². The number of nitrogens with two attached hydrogens (primary N) is 1. The van der Waals surface area contributed by atoms with Crippen LogP contribution in [0.1, 0.15) is 66.2 Å². The molecule has 1 saturated carbocycles. The minimum Gasteiger partial charge on any atom is -0.394 e. The summed E-state index contributed by atoms with van der Waals surface area (Å²) in [5.41, 5.74) is 8.02. The fourth-order valence-corrected chi connectivity index (χ4v) is 4.88. The molecule has 4 rings (SSSR count). The molecular weight excluding hydrogens is 497 g/mol. The van der Waals surface area contributed by atoms with Crippen LogP contribution in [0.2, 0.25) is 5.02 Å². The van der Waals surface area contributed by atoms with Gasteiger partial charge in [-0.15, -0.1) is 0 Å². The van der Waals surface area contributed by atoms with Gasteiger partial charge in [0.1, 0.15) is 17.3 Å². The van der Waals surface area contributed by atoms with Crippen molar-refractivity contribution >= 4 is 29.2 Å². The SMILES string of the molecule is CC(=O)N[C@H]1CC[C@H](c2cnc(N)c(-c3ccc(C(=O)N[C@H](CO)c4cccc(Cl)c4)c(F)c3)n2)CC1. The van der Waals surface area contributed by atoms with Crippen molar-refractivity contribution in [3.63, 3.8) is 0 Å². The minimum absolute atomic E-state index is 0.0338. The highest BCUT2D eigenvalue weighted by Gasteiger charge is 2.25.